The molecular weight excluding hydrogens is 426 g/mol. The number of nitrogens with zero attached hydrogens (tertiary/aromatic N) is 3. The standard InChI is InChI=1S/C23H27N3O2S.CH2O2/c1-24(16-21-5-3-9-29-21)13-18-6-7-22-19-10-17(12-26(22)23(18)27)11-25(14-19)15-20-4-2-8-28-20;2-1-3/h2-9,17,19H,10-16H2,1H3;1H,(H,2,3)/t17-,19+;/m0./s1. The summed E-state index contributed by atoms with van der Waals surface area (Å²) >= 11 is 1.76. The number of aromatic nitrogens is 1. The fraction of sp³-hybridized carbons (Fsp3) is 0.417. The largest absolute Gasteiger partial charge is 0.483 e. The van der Waals surface area contributed by atoms with Gasteiger partial charge in [0, 0.05) is 54.8 Å². The van der Waals surface area contributed by atoms with Gasteiger partial charge in [-0.05, 0) is 49.0 Å². The van der Waals surface area contributed by atoms with Gasteiger partial charge in [-0.1, -0.05) is 12.1 Å². The monoisotopic (exact) mass is 455 g/mol. The number of hydrogen-bond donors (Lipinski definition) is 1. The number of carboxylic acid groups (broad SMARTS) is 1. The lowest BCUT2D eigenvalue weighted by molar-refractivity contribution is -0.122. The van der Waals surface area contributed by atoms with Crippen molar-refractivity contribution in [3.63, 3.8) is 0 Å². The predicted molar refractivity (Wildman–Crippen MR) is 124 cm³/mol. The van der Waals surface area contributed by atoms with E-state index < -0.39 is 0 Å². The van der Waals surface area contributed by atoms with E-state index in [1.807, 2.05) is 12.1 Å². The van der Waals surface area contributed by atoms with Gasteiger partial charge >= 0.3 is 0 Å². The third-order valence-electron chi connectivity index (χ3n) is 6.16. The first kappa shape index (κ1) is 22.5. The Balaban J connectivity index is 0.000000775. The topological polar surface area (TPSA) is 78.9 Å². The number of carbonyl (C=O) groups is 1. The van der Waals surface area contributed by atoms with Gasteiger partial charge in [0.15, 0.2) is 0 Å². The van der Waals surface area contributed by atoms with Crippen LogP contribution in [0, 0.1) is 5.92 Å². The van der Waals surface area contributed by atoms with E-state index in [9.17, 15) is 4.79 Å². The van der Waals surface area contributed by atoms with E-state index in [4.69, 9.17) is 14.3 Å². The third kappa shape index (κ3) is 5.20. The summed E-state index contributed by atoms with van der Waals surface area (Å²) in [4.78, 5) is 27.6. The second-order valence-corrected chi connectivity index (χ2v) is 9.66. The van der Waals surface area contributed by atoms with Gasteiger partial charge in [0.2, 0.25) is 0 Å². The zero-order chi connectivity index (χ0) is 22.5. The van der Waals surface area contributed by atoms with Crippen LogP contribution >= 0.6 is 11.3 Å². The molecule has 1 fully saturated rings. The molecule has 2 aliphatic rings. The van der Waals surface area contributed by atoms with Crippen LogP contribution in [0.5, 0.6) is 0 Å². The molecule has 3 aromatic rings. The first-order valence-electron chi connectivity index (χ1n) is 10.8. The zero-order valence-corrected chi connectivity index (χ0v) is 19.0. The maximum atomic E-state index is 13.2. The summed E-state index contributed by atoms with van der Waals surface area (Å²) in [6.07, 6.45) is 2.93. The SMILES string of the molecule is CN(Cc1cccs1)Cc1ccc2n(c1=O)C[C@H]1C[C@@H]2CN(Cc2ccco2)C1.O=CO. The number of piperidine rings is 1. The molecule has 1 saturated heterocycles. The molecule has 0 aromatic carbocycles. The molecule has 0 aliphatic carbocycles. The second-order valence-electron chi connectivity index (χ2n) is 8.63. The van der Waals surface area contributed by atoms with Crippen LogP contribution in [0.1, 0.15) is 34.2 Å². The first-order valence-corrected chi connectivity index (χ1v) is 11.7. The van der Waals surface area contributed by atoms with Gasteiger partial charge < -0.3 is 14.1 Å². The summed E-state index contributed by atoms with van der Waals surface area (Å²) in [5.41, 5.74) is 2.31. The molecule has 7 nitrogen and oxygen atoms in total. The van der Waals surface area contributed by atoms with Crippen LogP contribution in [0.25, 0.3) is 0 Å². The van der Waals surface area contributed by atoms with Crippen molar-refractivity contribution >= 4 is 17.8 Å². The highest BCUT2D eigenvalue weighted by Gasteiger charge is 2.35. The molecule has 8 heteroatoms. The van der Waals surface area contributed by atoms with E-state index in [0.29, 0.717) is 18.4 Å². The van der Waals surface area contributed by atoms with Gasteiger partial charge in [0.1, 0.15) is 5.76 Å². The predicted octanol–water partition coefficient (Wildman–Crippen LogP) is 3.45. The Morgan fingerprint density at radius 2 is 2.03 bits per heavy atom. The molecule has 170 valence electrons. The van der Waals surface area contributed by atoms with Crippen molar-refractivity contribution < 1.29 is 14.3 Å². The third-order valence-corrected chi connectivity index (χ3v) is 7.03. The smallest absolute Gasteiger partial charge is 0.290 e. The fourth-order valence-corrected chi connectivity index (χ4v) is 5.76. The molecule has 2 aliphatic heterocycles. The van der Waals surface area contributed by atoms with Crippen molar-refractivity contribution in [1.82, 2.24) is 14.4 Å². The van der Waals surface area contributed by atoms with Crippen molar-refractivity contribution in [2.45, 2.75) is 38.5 Å². The molecule has 0 amide bonds. The highest BCUT2D eigenvalue weighted by atomic mass is 32.1. The number of rotatable bonds is 6. The molecule has 1 N–H and O–H groups in total. The van der Waals surface area contributed by atoms with Crippen molar-refractivity contribution in [3.05, 3.63) is 80.3 Å². The van der Waals surface area contributed by atoms with Crippen LogP contribution < -0.4 is 5.56 Å². The molecular formula is C24H29N3O4S. The van der Waals surface area contributed by atoms with E-state index in [1.54, 1.807) is 17.6 Å². The Morgan fingerprint density at radius 3 is 2.75 bits per heavy atom. The van der Waals surface area contributed by atoms with E-state index in [1.165, 1.54) is 17.0 Å². The van der Waals surface area contributed by atoms with Gasteiger partial charge in [-0.3, -0.25) is 19.4 Å². The molecule has 0 unspecified atom stereocenters. The maximum Gasteiger partial charge on any atom is 0.290 e. The molecule has 0 radical (unpaired) electrons. The van der Waals surface area contributed by atoms with E-state index in [-0.39, 0.29) is 12.0 Å². The van der Waals surface area contributed by atoms with Gasteiger partial charge in [0.25, 0.3) is 12.0 Å². The molecule has 0 spiro atoms. The minimum atomic E-state index is -0.250. The number of likely N-dealkylation sites (tertiary alicyclic amines) is 1. The van der Waals surface area contributed by atoms with Crippen molar-refractivity contribution in [2.24, 2.45) is 5.92 Å². The van der Waals surface area contributed by atoms with E-state index in [2.05, 4.69) is 51.1 Å². The molecule has 2 bridgehead atoms. The van der Waals surface area contributed by atoms with Crippen LogP contribution in [0.15, 0.2) is 57.3 Å². The lowest BCUT2D eigenvalue weighted by Crippen LogP contribution is -2.47. The van der Waals surface area contributed by atoms with Crippen LogP contribution in [-0.4, -0.2) is 46.1 Å². The average molecular weight is 456 g/mol. The molecule has 0 saturated carbocycles. The van der Waals surface area contributed by atoms with Gasteiger partial charge in [-0.25, -0.2) is 0 Å². The number of furan rings is 1. The minimum absolute atomic E-state index is 0.203. The molecule has 5 rings (SSSR count). The molecule has 32 heavy (non-hydrogen) atoms. The van der Waals surface area contributed by atoms with Gasteiger partial charge in [-0.15, -0.1) is 11.3 Å². The van der Waals surface area contributed by atoms with E-state index in [0.717, 1.165) is 44.0 Å². The number of pyridine rings is 1. The summed E-state index contributed by atoms with van der Waals surface area (Å²) < 4.78 is 7.60. The Morgan fingerprint density at radius 1 is 1.19 bits per heavy atom. The Kier molecular flexibility index (Phi) is 7.24. The summed E-state index contributed by atoms with van der Waals surface area (Å²) in [6.45, 7) is 5.04. The molecule has 3 aromatic heterocycles. The lowest BCUT2D eigenvalue weighted by atomic mass is 9.83. The summed E-state index contributed by atoms with van der Waals surface area (Å²) in [5, 5.41) is 8.99. The van der Waals surface area contributed by atoms with Gasteiger partial charge in [0.05, 0.1) is 12.8 Å². The van der Waals surface area contributed by atoms with Crippen LogP contribution in [-0.2, 0) is 31.0 Å². The highest BCUT2D eigenvalue weighted by molar-refractivity contribution is 7.09. The van der Waals surface area contributed by atoms with Crippen molar-refractivity contribution in [1.29, 1.82) is 0 Å². The summed E-state index contributed by atoms with van der Waals surface area (Å²) in [7, 11) is 2.09. The van der Waals surface area contributed by atoms with Crippen molar-refractivity contribution in [2.75, 3.05) is 20.1 Å². The second kappa shape index (κ2) is 10.3. The Labute approximate surface area is 191 Å². The zero-order valence-electron chi connectivity index (χ0n) is 18.2. The van der Waals surface area contributed by atoms with Gasteiger partial charge in [-0.2, -0.15) is 0 Å². The Bertz CT molecular complexity index is 1060. The fourth-order valence-electron chi connectivity index (χ4n) is 4.98. The molecule has 2 atom stereocenters. The van der Waals surface area contributed by atoms with Crippen LogP contribution in [0.4, 0.5) is 0 Å². The Hall–Kier alpha value is -2.68. The number of thiophene rings is 1. The average Bonchev–Trinajstić information content (AvgIpc) is 3.45. The summed E-state index contributed by atoms with van der Waals surface area (Å²) in [6, 6.07) is 12.5. The van der Waals surface area contributed by atoms with Crippen LogP contribution in [0.2, 0.25) is 0 Å². The summed E-state index contributed by atoms with van der Waals surface area (Å²) in [5.74, 6) is 1.99. The molecule has 5 heterocycles. The van der Waals surface area contributed by atoms with Crippen LogP contribution in [0.3, 0.4) is 0 Å². The van der Waals surface area contributed by atoms with Crippen molar-refractivity contribution in [3.8, 4) is 0 Å². The van der Waals surface area contributed by atoms with E-state index >= 15 is 0 Å². The normalized spacial score (nSPS) is 19.8. The first-order chi connectivity index (χ1) is 15.6. The minimum Gasteiger partial charge on any atom is -0.483 e. The maximum absolute atomic E-state index is 13.2. The highest BCUT2D eigenvalue weighted by Crippen LogP contribution is 2.35. The quantitative estimate of drug-likeness (QED) is 0.574. The lowest BCUT2D eigenvalue weighted by Gasteiger charge is -2.42. The number of fused-ring (bicyclic) bond motifs is 4. The number of hydrogen-bond acceptors (Lipinski definition) is 6.